The number of aryl methyl sites for hydroxylation is 1. The lowest BCUT2D eigenvalue weighted by Crippen LogP contribution is -1.98. The molecule has 23 heavy (non-hydrogen) atoms. The monoisotopic (exact) mass is 325 g/mol. The highest BCUT2D eigenvalue weighted by atomic mass is 32.2. The Morgan fingerprint density at radius 1 is 0.957 bits per heavy atom. The molecular weight excluding hydrogens is 310 g/mol. The molecule has 0 saturated heterocycles. The second-order valence-corrected chi connectivity index (χ2v) is 6.87. The normalized spacial score (nSPS) is 12.0. The fraction of sp³-hybridized carbons (Fsp3) is 0.0556. The Balaban J connectivity index is 2.06. The number of fused-ring (bicyclic) bond motifs is 1. The lowest BCUT2D eigenvalue weighted by molar-refractivity contribution is 0.475. The SMILES string of the molecule is Cc1ccc(S(=O)(=O)/N=C/c2c(O)ccc3ccccc23)cc1. The van der Waals surface area contributed by atoms with E-state index in [0.29, 0.717) is 5.56 Å². The van der Waals surface area contributed by atoms with Crippen molar-refractivity contribution >= 4 is 27.0 Å². The van der Waals surface area contributed by atoms with Crippen LogP contribution in [0, 0.1) is 6.92 Å². The van der Waals surface area contributed by atoms with Crippen molar-refractivity contribution in [2.24, 2.45) is 4.40 Å². The zero-order chi connectivity index (χ0) is 16.4. The average Bonchev–Trinajstić information content (AvgIpc) is 2.54. The van der Waals surface area contributed by atoms with Crippen molar-refractivity contribution in [3.05, 3.63) is 71.8 Å². The Labute approximate surface area is 134 Å². The Morgan fingerprint density at radius 3 is 2.39 bits per heavy atom. The molecule has 0 atom stereocenters. The second-order valence-electron chi connectivity index (χ2n) is 5.24. The summed E-state index contributed by atoms with van der Waals surface area (Å²) in [6.07, 6.45) is 1.20. The Bertz CT molecular complexity index is 990. The van der Waals surface area contributed by atoms with Crippen LogP contribution in [-0.4, -0.2) is 19.7 Å². The van der Waals surface area contributed by atoms with Gasteiger partial charge in [-0.1, -0.05) is 48.0 Å². The van der Waals surface area contributed by atoms with E-state index in [9.17, 15) is 13.5 Å². The van der Waals surface area contributed by atoms with Crippen molar-refractivity contribution in [1.29, 1.82) is 0 Å². The number of sulfonamides is 1. The van der Waals surface area contributed by atoms with Crippen molar-refractivity contribution in [3.63, 3.8) is 0 Å². The molecule has 4 nitrogen and oxygen atoms in total. The first kappa shape index (κ1) is 15.2. The van der Waals surface area contributed by atoms with E-state index >= 15 is 0 Å². The molecule has 0 aromatic heterocycles. The van der Waals surface area contributed by atoms with Crippen LogP contribution in [0.3, 0.4) is 0 Å². The van der Waals surface area contributed by atoms with Gasteiger partial charge in [0.05, 0.1) is 11.1 Å². The van der Waals surface area contributed by atoms with Crippen LogP contribution in [0.2, 0.25) is 0 Å². The number of phenols is 1. The van der Waals surface area contributed by atoms with Gasteiger partial charge in [-0.15, -0.1) is 0 Å². The lowest BCUT2D eigenvalue weighted by atomic mass is 10.0. The molecule has 0 aliphatic heterocycles. The average molecular weight is 325 g/mol. The van der Waals surface area contributed by atoms with Gasteiger partial charge in [0.15, 0.2) is 0 Å². The van der Waals surface area contributed by atoms with Gasteiger partial charge in [-0.25, -0.2) is 0 Å². The van der Waals surface area contributed by atoms with Gasteiger partial charge < -0.3 is 5.11 Å². The molecule has 0 spiro atoms. The summed E-state index contributed by atoms with van der Waals surface area (Å²) in [7, 11) is -3.80. The summed E-state index contributed by atoms with van der Waals surface area (Å²) < 4.78 is 28.3. The van der Waals surface area contributed by atoms with Crippen LogP contribution < -0.4 is 0 Å². The molecule has 0 saturated carbocycles. The molecule has 0 aliphatic rings. The molecule has 0 fully saturated rings. The first-order valence-electron chi connectivity index (χ1n) is 7.05. The summed E-state index contributed by atoms with van der Waals surface area (Å²) in [5.74, 6) is -0.00782. The van der Waals surface area contributed by atoms with Crippen molar-refractivity contribution in [1.82, 2.24) is 0 Å². The van der Waals surface area contributed by atoms with Gasteiger partial charge in [0, 0.05) is 5.56 Å². The van der Waals surface area contributed by atoms with Crippen LogP contribution >= 0.6 is 0 Å². The molecule has 3 aromatic carbocycles. The van der Waals surface area contributed by atoms with E-state index in [2.05, 4.69) is 4.40 Å². The maximum absolute atomic E-state index is 12.3. The molecule has 3 rings (SSSR count). The molecule has 0 unspecified atom stereocenters. The molecule has 0 heterocycles. The maximum atomic E-state index is 12.3. The van der Waals surface area contributed by atoms with Crippen LogP contribution in [0.25, 0.3) is 10.8 Å². The lowest BCUT2D eigenvalue weighted by Gasteiger charge is -2.05. The van der Waals surface area contributed by atoms with Gasteiger partial charge in [0.2, 0.25) is 0 Å². The minimum absolute atomic E-state index is 0.00782. The number of nitrogens with zero attached hydrogens (tertiary/aromatic N) is 1. The number of benzene rings is 3. The Morgan fingerprint density at radius 2 is 1.65 bits per heavy atom. The van der Waals surface area contributed by atoms with E-state index in [1.165, 1.54) is 24.4 Å². The van der Waals surface area contributed by atoms with Crippen LogP contribution in [0.5, 0.6) is 5.75 Å². The second kappa shape index (κ2) is 5.85. The highest BCUT2D eigenvalue weighted by Crippen LogP contribution is 2.26. The Hall–Kier alpha value is -2.66. The molecule has 116 valence electrons. The van der Waals surface area contributed by atoms with Gasteiger partial charge >= 0.3 is 0 Å². The van der Waals surface area contributed by atoms with Gasteiger partial charge in [-0.2, -0.15) is 12.8 Å². The van der Waals surface area contributed by atoms with Crippen LogP contribution in [-0.2, 0) is 10.0 Å². The van der Waals surface area contributed by atoms with E-state index in [4.69, 9.17) is 0 Å². The minimum atomic E-state index is -3.80. The van der Waals surface area contributed by atoms with Gasteiger partial charge in [0.1, 0.15) is 5.75 Å². The van der Waals surface area contributed by atoms with E-state index in [1.807, 2.05) is 31.2 Å². The molecule has 1 N–H and O–H groups in total. The summed E-state index contributed by atoms with van der Waals surface area (Å²) in [5.41, 5.74) is 1.36. The topological polar surface area (TPSA) is 66.7 Å². The van der Waals surface area contributed by atoms with Gasteiger partial charge in [0.25, 0.3) is 10.0 Å². The number of rotatable bonds is 3. The molecule has 3 aromatic rings. The van der Waals surface area contributed by atoms with E-state index in [1.54, 1.807) is 18.2 Å². The van der Waals surface area contributed by atoms with Crippen LogP contribution in [0.1, 0.15) is 11.1 Å². The predicted octanol–water partition coefficient (Wildman–Crippen LogP) is 3.66. The quantitative estimate of drug-likeness (QED) is 0.747. The fourth-order valence-electron chi connectivity index (χ4n) is 2.31. The zero-order valence-corrected chi connectivity index (χ0v) is 13.3. The van der Waals surface area contributed by atoms with E-state index in [-0.39, 0.29) is 10.6 Å². The van der Waals surface area contributed by atoms with Crippen molar-refractivity contribution < 1.29 is 13.5 Å². The molecule has 0 amide bonds. The highest BCUT2D eigenvalue weighted by molar-refractivity contribution is 7.90. The number of phenolic OH excluding ortho intramolecular Hbond substituents is 1. The molecule has 0 aliphatic carbocycles. The fourth-order valence-corrected chi connectivity index (χ4v) is 3.16. The summed E-state index contributed by atoms with van der Waals surface area (Å²) in [6, 6.07) is 17.2. The van der Waals surface area contributed by atoms with Crippen molar-refractivity contribution in [2.45, 2.75) is 11.8 Å². The molecule has 5 heteroatoms. The zero-order valence-electron chi connectivity index (χ0n) is 12.5. The number of hydrogen-bond acceptors (Lipinski definition) is 3. The van der Waals surface area contributed by atoms with Crippen molar-refractivity contribution in [2.75, 3.05) is 0 Å². The predicted molar refractivity (Wildman–Crippen MR) is 91.6 cm³/mol. The smallest absolute Gasteiger partial charge is 0.282 e. The largest absolute Gasteiger partial charge is 0.507 e. The minimum Gasteiger partial charge on any atom is -0.507 e. The third-order valence-corrected chi connectivity index (χ3v) is 4.84. The molecule has 0 radical (unpaired) electrons. The summed E-state index contributed by atoms with van der Waals surface area (Å²) in [5, 5.41) is 11.7. The van der Waals surface area contributed by atoms with Crippen LogP contribution in [0.15, 0.2) is 70.0 Å². The summed E-state index contributed by atoms with van der Waals surface area (Å²) in [6.45, 7) is 1.88. The third-order valence-electron chi connectivity index (χ3n) is 3.59. The summed E-state index contributed by atoms with van der Waals surface area (Å²) >= 11 is 0. The van der Waals surface area contributed by atoms with E-state index < -0.39 is 10.0 Å². The number of aromatic hydroxyl groups is 1. The summed E-state index contributed by atoms with van der Waals surface area (Å²) in [4.78, 5) is 0.124. The third kappa shape index (κ3) is 3.10. The van der Waals surface area contributed by atoms with Gasteiger partial charge in [-0.05, 0) is 35.9 Å². The first-order chi connectivity index (χ1) is 11.0. The number of hydrogen-bond donors (Lipinski definition) is 1. The standard InChI is InChI=1S/C18H15NO3S/c1-13-6-9-15(10-7-13)23(21,22)19-12-17-16-5-3-2-4-14(16)8-11-18(17)20/h2-12,20H,1H3/b19-12+. The maximum Gasteiger partial charge on any atom is 0.282 e. The Kier molecular flexibility index (Phi) is 3.88. The highest BCUT2D eigenvalue weighted by Gasteiger charge is 2.12. The first-order valence-corrected chi connectivity index (χ1v) is 8.49. The molecular formula is C18H15NO3S. The van der Waals surface area contributed by atoms with Crippen molar-refractivity contribution in [3.8, 4) is 5.75 Å². The molecule has 0 bridgehead atoms. The van der Waals surface area contributed by atoms with E-state index in [0.717, 1.165) is 16.3 Å². The van der Waals surface area contributed by atoms with Crippen LogP contribution in [0.4, 0.5) is 0 Å². The van der Waals surface area contributed by atoms with Gasteiger partial charge in [-0.3, -0.25) is 0 Å².